The zero-order chi connectivity index (χ0) is 21.6. The van der Waals surface area contributed by atoms with Gasteiger partial charge < -0.3 is 9.47 Å². The fourth-order valence-electron chi connectivity index (χ4n) is 3.83. The third-order valence-corrected chi connectivity index (χ3v) is 7.53. The van der Waals surface area contributed by atoms with Crippen molar-refractivity contribution in [3.05, 3.63) is 47.8 Å². The second kappa shape index (κ2) is 10.2. The van der Waals surface area contributed by atoms with Crippen LogP contribution in [0.3, 0.4) is 0 Å². The second-order valence-electron chi connectivity index (χ2n) is 7.94. The van der Waals surface area contributed by atoms with Crippen molar-refractivity contribution in [2.45, 2.75) is 58.4 Å². The number of unbranched alkanes of at least 4 members (excludes halogenated alkanes) is 1. The van der Waals surface area contributed by atoms with Gasteiger partial charge in [0.15, 0.2) is 9.84 Å². The highest BCUT2D eigenvalue weighted by Gasteiger charge is 2.27. The predicted molar refractivity (Wildman–Crippen MR) is 117 cm³/mol. The molecule has 1 aliphatic rings. The van der Waals surface area contributed by atoms with Crippen molar-refractivity contribution in [2.75, 3.05) is 24.6 Å². The monoisotopic (exact) mass is 432 g/mol. The van der Waals surface area contributed by atoms with E-state index in [1.807, 2.05) is 34.0 Å². The van der Waals surface area contributed by atoms with Crippen LogP contribution in [0.1, 0.15) is 67.3 Å². The first-order chi connectivity index (χ1) is 14.4. The lowest BCUT2D eigenvalue weighted by Crippen LogP contribution is -2.38. The molecule has 30 heavy (non-hydrogen) atoms. The van der Waals surface area contributed by atoms with Crippen molar-refractivity contribution < 1.29 is 13.2 Å². The average Bonchev–Trinajstić information content (AvgIpc) is 3.25. The molecule has 3 heterocycles. The molecule has 8 heteroatoms. The van der Waals surface area contributed by atoms with Gasteiger partial charge in [0.2, 0.25) is 0 Å². The number of sulfone groups is 1. The lowest BCUT2D eigenvalue weighted by Gasteiger charge is -2.31. The van der Waals surface area contributed by atoms with E-state index in [9.17, 15) is 13.2 Å². The van der Waals surface area contributed by atoms with Crippen LogP contribution in [-0.4, -0.2) is 58.4 Å². The number of hydrogen-bond donors (Lipinski definition) is 0. The molecule has 0 unspecified atom stereocenters. The summed E-state index contributed by atoms with van der Waals surface area (Å²) in [5, 5.41) is 0. The van der Waals surface area contributed by atoms with Gasteiger partial charge in [-0.1, -0.05) is 26.3 Å². The van der Waals surface area contributed by atoms with Gasteiger partial charge in [-0.2, -0.15) is 0 Å². The molecule has 7 nitrogen and oxygen atoms in total. The van der Waals surface area contributed by atoms with Crippen LogP contribution >= 0.6 is 0 Å². The summed E-state index contributed by atoms with van der Waals surface area (Å²) < 4.78 is 25.6. The van der Waals surface area contributed by atoms with Crippen molar-refractivity contribution in [1.82, 2.24) is 19.4 Å². The van der Waals surface area contributed by atoms with Gasteiger partial charge in [-0.25, -0.2) is 13.4 Å². The average molecular weight is 433 g/mol. The lowest BCUT2D eigenvalue weighted by molar-refractivity contribution is 0.0704. The van der Waals surface area contributed by atoms with Gasteiger partial charge in [-0.15, -0.1) is 0 Å². The molecule has 0 bridgehead atoms. The zero-order valence-corrected chi connectivity index (χ0v) is 18.8. The van der Waals surface area contributed by atoms with E-state index in [4.69, 9.17) is 0 Å². The molecule has 0 N–H and O–H groups in total. The molecule has 2 aromatic heterocycles. The number of aromatic nitrogens is 3. The molecule has 164 valence electrons. The van der Waals surface area contributed by atoms with Gasteiger partial charge in [0.05, 0.1) is 5.75 Å². The van der Waals surface area contributed by atoms with E-state index in [-0.39, 0.29) is 23.3 Å². The molecular formula is C22H32N4O3S. The van der Waals surface area contributed by atoms with Crippen LogP contribution < -0.4 is 0 Å². The maximum Gasteiger partial charge on any atom is 0.272 e. The highest BCUT2D eigenvalue weighted by atomic mass is 32.2. The fraction of sp³-hybridized carbons (Fsp3) is 0.591. The van der Waals surface area contributed by atoms with E-state index >= 15 is 0 Å². The topological polar surface area (TPSA) is 85.2 Å². The standard InChI is InChI=1S/C22H32N4O3S/c1-3-5-6-18-7-8-20(24-17-18)22(27)26-12-9-19(10-13-26)21-23-11-14-25(21)15-16-30(28,29)4-2/h7-8,11,14,17,19H,3-6,9-10,12-13,15-16H2,1-2H3. The molecule has 3 rings (SSSR count). The summed E-state index contributed by atoms with van der Waals surface area (Å²) >= 11 is 0. The summed E-state index contributed by atoms with van der Waals surface area (Å²) in [6, 6.07) is 3.84. The van der Waals surface area contributed by atoms with Crippen molar-refractivity contribution in [3.8, 4) is 0 Å². The summed E-state index contributed by atoms with van der Waals surface area (Å²) in [4.78, 5) is 23.5. The van der Waals surface area contributed by atoms with Crippen LogP contribution in [0.2, 0.25) is 0 Å². The first-order valence-corrected chi connectivity index (χ1v) is 12.7. The Labute approximate surface area is 179 Å². The van der Waals surface area contributed by atoms with Gasteiger partial charge in [-0.3, -0.25) is 9.78 Å². The molecule has 2 aromatic rings. The Kier molecular flexibility index (Phi) is 7.64. The third-order valence-electron chi connectivity index (χ3n) is 5.84. The van der Waals surface area contributed by atoms with Gasteiger partial charge in [0, 0.05) is 49.9 Å². The molecule has 1 aliphatic heterocycles. The van der Waals surface area contributed by atoms with Gasteiger partial charge >= 0.3 is 0 Å². The summed E-state index contributed by atoms with van der Waals surface area (Å²) in [6.45, 7) is 5.57. The van der Waals surface area contributed by atoms with E-state index in [0.29, 0.717) is 25.3 Å². The molecule has 0 spiro atoms. The molecule has 0 saturated carbocycles. The Morgan fingerprint density at radius 2 is 1.93 bits per heavy atom. The number of piperidine rings is 1. The maximum absolute atomic E-state index is 12.8. The minimum atomic E-state index is -3.01. The molecule has 0 radical (unpaired) electrons. The Bertz CT molecular complexity index is 930. The Morgan fingerprint density at radius 3 is 2.57 bits per heavy atom. The molecule has 1 amide bonds. The number of pyridine rings is 1. The number of carbonyl (C=O) groups is 1. The van der Waals surface area contributed by atoms with Crippen LogP contribution in [0.4, 0.5) is 0 Å². The number of imidazole rings is 1. The molecule has 1 saturated heterocycles. The lowest BCUT2D eigenvalue weighted by atomic mass is 9.95. The van der Waals surface area contributed by atoms with E-state index in [1.54, 1.807) is 13.1 Å². The number of carbonyl (C=O) groups excluding carboxylic acids is 1. The summed E-state index contributed by atoms with van der Waals surface area (Å²) in [5.74, 6) is 1.42. The SMILES string of the molecule is CCCCc1ccc(C(=O)N2CCC(c3nccn3CCS(=O)(=O)CC)CC2)nc1. The molecule has 1 fully saturated rings. The summed E-state index contributed by atoms with van der Waals surface area (Å²) in [5.41, 5.74) is 1.67. The van der Waals surface area contributed by atoms with Gasteiger partial charge in [0.1, 0.15) is 11.5 Å². The van der Waals surface area contributed by atoms with E-state index in [0.717, 1.165) is 37.9 Å². The van der Waals surface area contributed by atoms with Crippen LogP contribution in [0.25, 0.3) is 0 Å². The van der Waals surface area contributed by atoms with Crippen molar-refractivity contribution in [3.63, 3.8) is 0 Å². The number of nitrogens with zero attached hydrogens (tertiary/aromatic N) is 4. The number of likely N-dealkylation sites (tertiary alicyclic amines) is 1. The molecule has 0 aromatic carbocycles. The number of amides is 1. The molecular weight excluding hydrogens is 400 g/mol. The maximum atomic E-state index is 12.8. The number of hydrogen-bond acceptors (Lipinski definition) is 5. The largest absolute Gasteiger partial charge is 0.337 e. The number of rotatable bonds is 9. The summed E-state index contributed by atoms with van der Waals surface area (Å²) in [6.07, 6.45) is 10.3. The minimum Gasteiger partial charge on any atom is -0.337 e. The van der Waals surface area contributed by atoms with E-state index < -0.39 is 9.84 Å². The highest BCUT2D eigenvalue weighted by Crippen LogP contribution is 2.27. The molecule has 0 atom stereocenters. The fourth-order valence-corrected chi connectivity index (χ4v) is 4.60. The predicted octanol–water partition coefficient (Wildman–Crippen LogP) is 3.08. The van der Waals surface area contributed by atoms with E-state index in [1.165, 1.54) is 5.56 Å². The quantitative estimate of drug-likeness (QED) is 0.608. The van der Waals surface area contributed by atoms with E-state index in [2.05, 4.69) is 16.9 Å². The minimum absolute atomic E-state index is 0.0205. The Morgan fingerprint density at radius 1 is 1.17 bits per heavy atom. The summed E-state index contributed by atoms with van der Waals surface area (Å²) in [7, 11) is -3.01. The Hall–Kier alpha value is -2.22. The van der Waals surface area contributed by atoms with Crippen molar-refractivity contribution >= 4 is 15.7 Å². The van der Waals surface area contributed by atoms with Crippen LogP contribution in [0, 0.1) is 0 Å². The second-order valence-corrected chi connectivity index (χ2v) is 10.4. The molecule has 0 aliphatic carbocycles. The normalized spacial score (nSPS) is 15.5. The van der Waals surface area contributed by atoms with Crippen LogP contribution in [-0.2, 0) is 22.8 Å². The first-order valence-electron chi connectivity index (χ1n) is 10.9. The third kappa shape index (κ3) is 5.68. The number of aryl methyl sites for hydroxylation is 2. The van der Waals surface area contributed by atoms with Gasteiger partial charge in [-0.05, 0) is 37.3 Å². The first kappa shape index (κ1) is 22.5. The van der Waals surface area contributed by atoms with Crippen molar-refractivity contribution in [1.29, 1.82) is 0 Å². The van der Waals surface area contributed by atoms with Gasteiger partial charge in [0.25, 0.3) is 5.91 Å². The van der Waals surface area contributed by atoms with Crippen LogP contribution in [0.15, 0.2) is 30.7 Å². The highest BCUT2D eigenvalue weighted by molar-refractivity contribution is 7.91. The Balaban J connectivity index is 1.56. The van der Waals surface area contributed by atoms with Crippen molar-refractivity contribution in [2.24, 2.45) is 0 Å². The zero-order valence-electron chi connectivity index (χ0n) is 18.0. The smallest absolute Gasteiger partial charge is 0.272 e. The van der Waals surface area contributed by atoms with Crippen LogP contribution in [0.5, 0.6) is 0 Å².